The number of ether oxygens (including phenoxy) is 2. The number of nitrogen functional groups attached to an aromatic ring is 1. The molecule has 3 rings (SSSR count). The van der Waals surface area contributed by atoms with Gasteiger partial charge in [0.15, 0.2) is 0 Å². The second-order valence-corrected chi connectivity index (χ2v) is 6.09. The Hall–Kier alpha value is -1.76. The van der Waals surface area contributed by atoms with E-state index in [1.165, 1.54) is 18.2 Å². The van der Waals surface area contributed by atoms with Gasteiger partial charge in [0.25, 0.3) is 5.79 Å². The molecule has 0 spiro atoms. The molecule has 0 aromatic heterocycles. The lowest BCUT2D eigenvalue weighted by Crippen LogP contribution is -2.43. The van der Waals surface area contributed by atoms with Gasteiger partial charge in [-0.05, 0) is 42.3 Å². The third kappa shape index (κ3) is 2.85. The Morgan fingerprint density at radius 3 is 2.42 bits per heavy atom. The molecule has 2 unspecified atom stereocenters. The third-order valence-electron chi connectivity index (χ3n) is 4.01. The van der Waals surface area contributed by atoms with Gasteiger partial charge in [0.1, 0.15) is 6.10 Å². The maximum Gasteiger partial charge on any atom is 0.448 e. The minimum absolute atomic E-state index is 0.127. The van der Waals surface area contributed by atoms with Gasteiger partial charge in [-0.15, -0.1) is 0 Å². The molecule has 1 aliphatic rings. The van der Waals surface area contributed by atoms with Crippen molar-refractivity contribution in [2.24, 2.45) is 0 Å². The lowest BCUT2D eigenvalue weighted by molar-refractivity contribution is -0.357. The van der Waals surface area contributed by atoms with Crippen molar-refractivity contribution in [2.75, 3.05) is 12.3 Å². The minimum Gasteiger partial charge on any atom is -0.399 e. The zero-order chi connectivity index (χ0) is 17.5. The highest BCUT2D eigenvalue weighted by molar-refractivity contribution is 6.30. The van der Waals surface area contributed by atoms with Crippen LogP contribution in [0.5, 0.6) is 0 Å². The summed E-state index contributed by atoms with van der Waals surface area (Å²) in [5, 5.41) is 0.494. The van der Waals surface area contributed by atoms with Gasteiger partial charge in [-0.2, -0.15) is 13.2 Å². The number of hydrogen-bond donors (Lipinski definition) is 1. The van der Waals surface area contributed by atoms with Crippen LogP contribution in [0.25, 0.3) is 0 Å². The Morgan fingerprint density at radius 2 is 1.83 bits per heavy atom. The summed E-state index contributed by atoms with van der Waals surface area (Å²) < 4.78 is 51.9. The average Bonchev–Trinajstić information content (AvgIpc) is 2.97. The molecule has 2 atom stereocenters. The van der Waals surface area contributed by atoms with E-state index in [1.54, 1.807) is 31.2 Å². The SMILES string of the molecule is Cc1cc(C2(C(F)(F)F)OCC(c3ccc(Cl)cc3)O2)ccc1N. The summed E-state index contributed by atoms with van der Waals surface area (Å²) >= 11 is 5.81. The standard InChI is InChI=1S/C17H15ClF3NO2/c1-10-8-12(4-7-14(10)22)16(17(19,20)21)23-9-15(24-16)11-2-5-13(18)6-3-11/h2-8,15H,9,22H2,1H3. The van der Waals surface area contributed by atoms with Gasteiger partial charge in [-0.25, -0.2) is 0 Å². The van der Waals surface area contributed by atoms with Crippen LogP contribution in [0.2, 0.25) is 5.02 Å². The summed E-state index contributed by atoms with van der Waals surface area (Å²) in [6.07, 6.45) is -5.58. The van der Waals surface area contributed by atoms with E-state index in [0.29, 0.717) is 21.8 Å². The van der Waals surface area contributed by atoms with Crippen molar-refractivity contribution in [1.29, 1.82) is 0 Å². The van der Waals surface area contributed by atoms with Gasteiger partial charge in [0.05, 0.1) is 6.61 Å². The molecular formula is C17H15ClF3NO2. The summed E-state index contributed by atoms with van der Waals surface area (Å²) in [6.45, 7) is 1.42. The molecule has 2 aromatic carbocycles. The molecular weight excluding hydrogens is 343 g/mol. The van der Waals surface area contributed by atoms with Crippen LogP contribution in [-0.2, 0) is 15.3 Å². The first kappa shape index (κ1) is 17.1. The summed E-state index contributed by atoms with van der Waals surface area (Å²) in [4.78, 5) is 0. The second-order valence-electron chi connectivity index (χ2n) is 5.65. The minimum atomic E-state index is -4.74. The van der Waals surface area contributed by atoms with Crippen LogP contribution < -0.4 is 5.73 Å². The van der Waals surface area contributed by atoms with Crippen molar-refractivity contribution in [2.45, 2.75) is 25.0 Å². The number of hydrogen-bond acceptors (Lipinski definition) is 3. The fraction of sp³-hybridized carbons (Fsp3) is 0.294. The van der Waals surface area contributed by atoms with E-state index in [0.717, 1.165) is 0 Å². The zero-order valence-electron chi connectivity index (χ0n) is 12.7. The van der Waals surface area contributed by atoms with Crippen LogP contribution in [-0.4, -0.2) is 12.8 Å². The zero-order valence-corrected chi connectivity index (χ0v) is 13.5. The fourth-order valence-electron chi connectivity index (χ4n) is 2.65. The molecule has 0 aliphatic carbocycles. The van der Waals surface area contributed by atoms with Crippen LogP contribution in [0.1, 0.15) is 22.8 Å². The van der Waals surface area contributed by atoms with E-state index in [-0.39, 0.29) is 12.2 Å². The number of halogens is 4. The molecule has 0 bridgehead atoms. The molecule has 2 aromatic rings. The molecule has 1 heterocycles. The lowest BCUT2D eigenvalue weighted by atomic mass is 10.0. The third-order valence-corrected chi connectivity index (χ3v) is 4.26. The normalized spacial score (nSPS) is 24.3. The molecule has 1 aliphatic heterocycles. The van der Waals surface area contributed by atoms with Crippen LogP contribution in [0, 0.1) is 6.92 Å². The van der Waals surface area contributed by atoms with Crippen LogP contribution in [0.4, 0.5) is 18.9 Å². The first-order valence-corrected chi connectivity index (χ1v) is 7.61. The van der Waals surface area contributed by atoms with Gasteiger partial charge >= 0.3 is 6.18 Å². The summed E-state index contributed by atoms with van der Waals surface area (Å²) in [7, 11) is 0. The fourth-order valence-corrected chi connectivity index (χ4v) is 2.77. The number of rotatable bonds is 2. The molecule has 0 amide bonds. The summed E-state index contributed by atoms with van der Waals surface area (Å²) in [6, 6.07) is 10.5. The summed E-state index contributed by atoms with van der Waals surface area (Å²) in [5.74, 6) is -2.81. The van der Waals surface area contributed by atoms with Gasteiger partial charge in [0, 0.05) is 16.3 Å². The van der Waals surface area contributed by atoms with Crippen molar-refractivity contribution in [3.8, 4) is 0 Å². The van der Waals surface area contributed by atoms with E-state index in [2.05, 4.69) is 0 Å². The maximum absolute atomic E-state index is 13.8. The molecule has 1 fully saturated rings. The van der Waals surface area contributed by atoms with Crippen molar-refractivity contribution in [3.63, 3.8) is 0 Å². The van der Waals surface area contributed by atoms with Gasteiger partial charge in [-0.1, -0.05) is 29.8 Å². The Bertz CT molecular complexity index is 748. The number of nitrogens with two attached hydrogens (primary N) is 1. The predicted molar refractivity (Wildman–Crippen MR) is 84.6 cm³/mol. The molecule has 24 heavy (non-hydrogen) atoms. The molecule has 1 saturated heterocycles. The number of alkyl halides is 3. The topological polar surface area (TPSA) is 44.5 Å². The van der Waals surface area contributed by atoms with E-state index >= 15 is 0 Å². The number of benzene rings is 2. The van der Waals surface area contributed by atoms with Crippen molar-refractivity contribution in [1.82, 2.24) is 0 Å². The smallest absolute Gasteiger partial charge is 0.399 e. The Balaban J connectivity index is 2.00. The second kappa shape index (κ2) is 5.95. The monoisotopic (exact) mass is 357 g/mol. The van der Waals surface area contributed by atoms with Crippen LogP contribution in [0.3, 0.4) is 0 Å². The molecule has 128 valence electrons. The van der Waals surface area contributed by atoms with E-state index in [1.807, 2.05) is 0 Å². The summed E-state index contributed by atoms with van der Waals surface area (Å²) in [5.41, 5.74) is 7.07. The van der Waals surface area contributed by atoms with E-state index < -0.39 is 18.1 Å². The van der Waals surface area contributed by atoms with Gasteiger partial charge < -0.3 is 15.2 Å². The Labute approximate surface area is 142 Å². The highest BCUT2D eigenvalue weighted by Gasteiger charge is 2.63. The van der Waals surface area contributed by atoms with Crippen LogP contribution in [0.15, 0.2) is 42.5 Å². The van der Waals surface area contributed by atoms with Crippen LogP contribution >= 0.6 is 11.6 Å². The molecule has 2 N–H and O–H groups in total. The van der Waals surface area contributed by atoms with Gasteiger partial charge in [0.2, 0.25) is 0 Å². The average molecular weight is 358 g/mol. The first-order chi connectivity index (χ1) is 11.2. The van der Waals surface area contributed by atoms with E-state index in [9.17, 15) is 13.2 Å². The highest BCUT2D eigenvalue weighted by atomic mass is 35.5. The van der Waals surface area contributed by atoms with E-state index in [4.69, 9.17) is 26.8 Å². The maximum atomic E-state index is 13.8. The molecule has 0 radical (unpaired) electrons. The quantitative estimate of drug-likeness (QED) is 0.790. The van der Waals surface area contributed by atoms with Crippen molar-refractivity contribution >= 4 is 17.3 Å². The Kier molecular flexibility index (Phi) is 4.23. The predicted octanol–water partition coefficient (Wildman–Crippen LogP) is 4.73. The molecule has 0 saturated carbocycles. The van der Waals surface area contributed by atoms with Crippen molar-refractivity contribution in [3.05, 3.63) is 64.2 Å². The lowest BCUT2D eigenvalue weighted by Gasteiger charge is -2.31. The highest BCUT2D eigenvalue weighted by Crippen LogP contribution is 2.50. The number of anilines is 1. The van der Waals surface area contributed by atoms with Crippen molar-refractivity contribution < 1.29 is 22.6 Å². The molecule has 7 heteroatoms. The number of aryl methyl sites for hydroxylation is 1. The molecule has 3 nitrogen and oxygen atoms in total. The van der Waals surface area contributed by atoms with Gasteiger partial charge in [-0.3, -0.25) is 0 Å². The Morgan fingerprint density at radius 1 is 1.17 bits per heavy atom. The largest absolute Gasteiger partial charge is 0.448 e. The first-order valence-electron chi connectivity index (χ1n) is 7.23.